The Morgan fingerprint density at radius 3 is 2.42 bits per heavy atom. The van der Waals surface area contributed by atoms with Crippen LogP contribution in [-0.4, -0.2) is 55.5 Å². The SMILES string of the molecule is COc1cccc([C@@H](CN2CCN(C(=O)c3ccccc3)CC2)OCc2cccc(Cl)c2)c1. The lowest BCUT2D eigenvalue weighted by Gasteiger charge is -2.36. The molecule has 1 fully saturated rings. The molecule has 1 heterocycles. The molecule has 6 heteroatoms. The lowest BCUT2D eigenvalue weighted by atomic mass is 10.1. The van der Waals surface area contributed by atoms with E-state index in [9.17, 15) is 4.79 Å². The van der Waals surface area contributed by atoms with Crippen molar-refractivity contribution in [1.29, 1.82) is 0 Å². The van der Waals surface area contributed by atoms with Crippen molar-refractivity contribution in [1.82, 2.24) is 9.80 Å². The number of nitrogens with zero attached hydrogens (tertiary/aromatic N) is 2. The van der Waals surface area contributed by atoms with Crippen molar-refractivity contribution < 1.29 is 14.3 Å². The first-order valence-corrected chi connectivity index (χ1v) is 11.6. The van der Waals surface area contributed by atoms with Gasteiger partial charge in [-0.05, 0) is 47.5 Å². The first-order valence-electron chi connectivity index (χ1n) is 11.2. The average Bonchev–Trinajstić information content (AvgIpc) is 2.87. The highest BCUT2D eigenvalue weighted by atomic mass is 35.5. The third kappa shape index (κ3) is 6.35. The monoisotopic (exact) mass is 464 g/mol. The molecule has 3 aromatic rings. The summed E-state index contributed by atoms with van der Waals surface area (Å²) in [4.78, 5) is 17.1. The molecule has 1 aliphatic rings. The molecule has 0 aromatic heterocycles. The minimum absolute atomic E-state index is 0.0943. The van der Waals surface area contributed by atoms with Crippen LogP contribution in [0.2, 0.25) is 5.02 Å². The Morgan fingerprint density at radius 1 is 0.939 bits per heavy atom. The summed E-state index contributed by atoms with van der Waals surface area (Å²) < 4.78 is 11.8. The van der Waals surface area contributed by atoms with Crippen LogP contribution in [0.1, 0.15) is 27.6 Å². The summed E-state index contributed by atoms with van der Waals surface area (Å²) in [5.74, 6) is 0.902. The molecule has 0 unspecified atom stereocenters. The molecule has 0 N–H and O–H groups in total. The second kappa shape index (κ2) is 11.3. The molecule has 0 spiro atoms. The largest absolute Gasteiger partial charge is 0.497 e. The zero-order chi connectivity index (χ0) is 23.0. The van der Waals surface area contributed by atoms with Crippen molar-refractivity contribution in [2.45, 2.75) is 12.7 Å². The highest BCUT2D eigenvalue weighted by Crippen LogP contribution is 2.25. The molecule has 0 aliphatic carbocycles. The number of halogens is 1. The normalized spacial score (nSPS) is 15.3. The van der Waals surface area contributed by atoms with Gasteiger partial charge >= 0.3 is 0 Å². The number of carbonyl (C=O) groups is 1. The van der Waals surface area contributed by atoms with Gasteiger partial charge in [-0.25, -0.2) is 0 Å². The molecule has 33 heavy (non-hydrogen) atoms. The van der Waals surface area contributed by atoms with E-state index in [1.807, 2.05) is 77.7 Å². The molecule has 5 nitrogen and oxygen atoms in total. The lowest BCUT2D eigenvalue weighted by molar-refractivity contribution is 0.00333. The van der Waals surface area contributed by atoms with Gasteiger partial charge in [-0.3, -0.25) is 9.69 Å². The Bertz CT molecular complexity index is 1050. The van der Waals surface area contributed by atoms with Gasteiger partial charge in [0.1, 0.15) is 5.75 Å². The van der Waals surface area contributed by atoms with E-state index in [1.165, 1.54) is 0 Å². The Hall–Kier alpha value is -2.86. The molecular formula is C27H29ClN2O3. The number of hydrogen-bond acceptors (Lipinski definition) is 4. The lowest BCUT2D eigenvalue weighted by Crippen LogP contribution is -2.49. The van der Waals surface area contributed by atoms with E-state index in [4.69, 9.17) is 21.1 Å². The molecular weight excluding hydrogens is 436 g/mol. The quantitative estimate of drug-likeness (QED) is 0.467. The van der Waals surface area contributed by atoms with E-state index < -0.39 is 0 Å². The van der Waals surface area contributed by atoms with Crippen molar-refractivity contribution in [2.75, 3.05) is 39.8 Å². The van der Waals surface area contributed by atoms with Crippen molar-refractivity contribution in [3.8, 4) is 5.75 Å². The van der Waals surface area contributed by atoms with Gasteiger partial charge in [-0.15, -0.1) is 0 Å². The molecule has 3 aromatic carbocycles. The summed E-state index contributed by atoms with van der Waals surface area (Å²) in [6.45, 7) is 4.22. The third-order valence-corrected chi connectivity index (χ3v) is 6.15. The fourth-order valence-corrected chi connectivity index (χ4v) is 4.26. The Morgan fingerprint density at radius 2 is 1.70 bits per heavy atom. The maximum Gasteiger partial charge on any atom is 0.253 e. The molecule has 0 saturated carbocycles. The molecule has 0 radical (unpaired) electrons. The van der Waals surface area contributed by atoms with E-state index >= 15 is 0 Å². The fraction of sp³-hybridized carbons (Fsp3) is 0.296. The second-order valence-electron chi connectivity index (χ2n) is 8.17. The van der Waals surface area contributed by atoms with Crippen molar-refractivity contribution in [3.63, 3.8) is 0 Å². The molecule has 1 aliphatic heterocycles. The van der Waals surface area contributed by atoms with Crippen molar-refractivity contribution in [2.24, 2.45) is 0 Å². The number of rotatable bonds is 8. The van der Waals surface area contributed by atoms with Crippen LogP contribution in [0.3, 0.4) is 0 Å². The first kappa shape index (κ1) is 23.3. The van der Waals surface area contributed by atoms with Gasteiger partial charge in [-0.2, -0.15) is 0 Å². The zero-order valence-corrected chi connectivity index (χ0v) is 19.6. The van der Waals surface area contributed by atoms with Gasteiger partial charge in [-0.1, -0.05) is 54.1 Å². The molecule has 1 saturated heterocycles. The smallest absolute Gasteiger partial charge is 0.253 e. The number of methoxy groups -OCH3 is 1. The number of carbonyl (C=O) groups excluding carboxylic acids is 1. The summed E-state index contributed by atoms with van der Waals surface area (Å²) in [5.41, 5.74) is 2.85. The summed E-state index contributed by atoms with van der Waals surface area (Å²) in [7, 11) is 1.67. The van der Waals surface area contributed by atoms with Crippen LogP contribution in [0.15, 0.2) is 78.9 Å². The topological polar surface area (TPSA) is 42.0 Å². The Labute approximate surface area is 200 Å². The summed E-state index contributed by atoms with van der Waals surface area (Å²) in [5, 5.41) is 0.702. The van der Waals surface area contributed by atoms with Gasteiger partial charge < -0.3 is 14.4 Å². The molecule has 172 valence electrons. The zero-order valence-electron chi connectivity index (χ0n) is 18.8. The average molecular weight is 465 g/mol. The predicted octanol–water partition coefficient (Wildman–Crippen LogP) is 5.06. The van der Waals surface area contributed by atoms with E-state index in [0.717, 1.165) is 42.1 Å². The molecule has 0 bridgehead atoms. The van der Waals surface area contributed by atoms with Gasteiger partial charge in [0, 0.05) is 43.3 Å². The van der Waals surface area contributed by atoms with Crippen LogP contribution >= 0.6 is 11.6 Å². The van der Waals surface area contributed by atoms with E-state index in [1.54, 1.807) is 7.11 Å². The van der Waals surface area contributed by atoms with Crippen molar-refractivity contribution in [3.05, 3.63) is 101 Å². The van der Waals surface area contributed by atoms with Crippen LogP contribution in [0.5, 0.6) is 5.75 Å². The van der Waals surface area contributed by atoms with Crippen LogP contribution in [0.4, 0.5) is 0 Å². The van der Waals surface area contributed by atoms with E-state index in [0.29, 0.717) is 24.7 Å². The maximum absolute atomic E-state index is 12.8. The van der Waals surface area contributed by atoms with E-state index in [-0.39, 0.29) is 12.0 Å². The maximum atomic E-state index is 12.8. The summed E-state index contributed by atoms with van der Waals surface area (Å²) in [6.07, 6.45) is -0.129. The van der Waals surface area contributed by atoms with Crippen LogP contribution < -0.4 is 4.74 Å². The van der Waals surface area contributed by atoms with E-state index in [2.05, 4.69) is 11.0 Å². The minimum atomic E-state index is -0.129. The van der Waals surface area contributed by atoms with Gasteiger partial charge in [0.25, 0.3) is 5.91 Å². The predicted molar refractivity (Wildman–Crippen MR) is 131 cm³/mol. The number of ether oxygens (including phenoxy) is 2. The van der Waals surface area contributed by atoms with Crippen molar-refractivity contribution >= 4 is 17.5 Å². The number of hydrogen-bond donors (Lipinski definition) is 0. The number of benzene rings is 3. The van der Waals surface area contributed by atoms with Crippen LogP contribution in [0, 0.1) is 0 Å². The first-order chi connectivity index (χ1) is 16.1. The van der Waals surface area contributed by atoms with Gasteiger partial charge in [0.15, 0.2) is 0 Å². The third-order valence-electron chi connectivity index (χ3n) is 5.91. The second-order valence-corrected chi connectivity index (χ2v) is 8.60. The minimum Gasteiger partial charge on any atom is -0.497 e. The van der Waals surface area contributed by atoms with Gasteiger partial charge in [0.05, 0.1) is 19.8 Å². The summed E-state index contributed by atoms with van der Waals surface area (Å²) in [6, 6.07) is 25.2. The Kier molecular flexibility index (Phi) is 8.00. The highest BCUT2D eigenvalue weighted by molar-refractivity contribution is 6.30. The van der Waals surface area contributed by atoms with Gasteiger partial charge in [0.2, 0.25) is 0 Å². The Balaban J connectivity index is 1.41. The molecule has 4 rings (SSSR count). The number of piperazine rings is 1. The molecule has 1 atom stereocenters. The summed E-state index contributed by atoms with van der Waals surface area (Å²) >= 11 is 6.14. The molecule has 1 amide bonds. The standard InChI is InChI=1S/C27H29ClN2O3/c1-32-25-12-6-10-23(18-25)26(33-20-21-7-5-11-24(28)17-21)19-29-13-15-30(16-14-29)27(31)22-8-3-2-4-9-22/h2-12,17-18,26H,13-16,19-20H2,1H3/t26-/m1/s1. The fourth-order valence-electron chi connectivity index (χ4n) is 4.05. The van der Waals surface area contributed by atoms with Crippen LogP contribution in [-0.2, 0) is 11.3 Å². The van der Waals surface area contributed by atoms with Crippen LogP contribution in [0.25, 0.3) is 0 Å². The number of amides is 1. The highest BCUT2D eigenvalue weighted by Gasteiger charge is 2.25.